The van der Waals surface area contributed by atoms with Crippen molar-refractivity contribution in [3.8, 4) is 0 Å². The molecule has 306 valence electrons. The van der Waals surface area contributed by atoms with Gasteiger partial charge in [-0.25, -0.2) is 4.39 Å². The number of benzene rings is 1. The van der Waals surface area contributed by atoms with Crippen molar-refractivity contribution in [2.75, 3.05) is 97.9 Å². The van der Waals surface area contributed by atoms with Crippen LogP contribution in [-0.4, -0.2) is 167 Å². The number of nitrogens with zero attached hydrogens (tertiary/aromatic N) is 4. The molecule has 15 nitrogen and oxygen atoms in total. The number of carboxylic acid groups (broad SMARTS) is 3. The van der Waals surface area contributed by atoms with Gasteiger partial charge in [0, 0.05) is 93.3 Å². The van der Waals surface area contributed by atoms with E-state index < -0.39 is 28.7 Å². The largest absolute Gasteiger partial charge is 0.480 e. The number of carboxylic acids is 3. The molecule has 0 bridgehead atoms. The summed E-state index contributed by atoms with van der Waals surface area (Å²) in [5.41, 5.74) is 5.15. The molecule has 2 unspecified atom stereocenters. The molecule has 4 rings (SSSR count). The van der Waals surface area contributed by atoms with Crippen LogP contribution in [0.3, 0.4) is 0 Å². The molecule has 5 N–H and O–H groups in total. The van der Waals surface area contributed by atoms with Crippen molar-refractivity contribution in [3.05, 3.63) is 69.6 Å². The van der Waals surface area contributed by atoms with Gasteiger partial charge >= 0.3 is 17.9 Å². The SMILES string of the molecule is CC1=C(CC(=O)NCCNC(=O)CN2CCN(CC(=O)O)CCN(CC(=O)O)CCN(CC(=O)O)CC2)C2=C(CC(C)C(F)=C2)/C1=C\c1ccc(S(C)=O)cc1. The third-order valence-corrected chi connectivity index (χ3v) is 11.0. The van der Waals surface area contributed by atoms with Gasteiger partial charge in [-0.15, -0.1) is 0 Å². The van der Waals surface area contributed by atoms with E-state index in [1.54, 1.807) is 21.0 Å². The van der Waals surface area contributed by atoms with Crippen LogP contribution in [0.4, 0.5) is 4.39 Å². The number of hydrogen-bond donors (Lipinski definition) is 5. The molecule has 3 aliphatic rings. The summed E-state index contributed by atoms with van der Waals surface area (Å²) in [6.45, 7) is 5.44. The monoisotopic (exact) mass is 800 g/mol. The molecule has 56 heavy (non-hydrogen) atoms. The Balaban J connectivity index is 1.35. The lowest BCUT2D eigenvalue weighted by atomic mass is 9.87. The topological polar surface area (TPSA) is 200 Å². The maximum absolute atomic E-state index is 14.9. The van der Waals surface area contributed by atoms with Crippen LogP contribution < -0.4 is 10.6 Å². The molecule has 2 atom stereocenters. The van der Waals surface area contributed by atoms with E-state index in [-0.39, 0.29) is 109 Å². The van der Waals surface area contributed by atoms with E-state index in [9.17, 15) is 47.9 Å². The number of amides is 2. The highest BCUT2D eigenvalue weighted by Crippen LogP contribution is 2.47. The Hall–Kier alpha value is -4.55. The van der Waals surface area contributed by atoms with Gasteiger partial charge in [0.1, 0.15) is 5.83 Å². The second-order valence-electron chi connectivity index (χ2n) is 14.4. The van der Waals surface area contributed by atoms with Crippen LogP contribution in [0.1, 0.15) is 32.3 Å². The van der Waals surface area contributed by atoms with Crippen molar-refractivity contribution >= 4 is 46.6 Å². The first-order chi connectivity index (χ1) is 26.6. The minimum atomic E-state index is -1.10. The Morgan fingerprint density at radius 1 is 0.768 bits per heavy atom. The average Bonchev–Trinajstić information content (AvgIpc) is 3.35. The van der Waals surface area contributed by atoms with E-state index >= 15 is 0 Å². The third-order valence-electron chi connectivity index (χ3n) is 10.1. The first-order valence-electron chi connectivity index (χ1n) is 18.6. The number of carbonyl (C=O) groups is 5. The zero-order valence-corrected chi connectivity index (χ0v) is 33.0. The van der Waals surface area contributed by atoms with Crippen molar-refractivity contribution in [2.45, 2.75) is 31.6 Å². The third kappa shape index (κ3) is 13.6. The Labute approximate surface area is 329 Å². The molecule has 1 saturated heterocycles. The maximum atomic E-state index is 14.9. The van der Waals surface area contributed by atoms with Crippen LogP contribution in [0, 0.1) is 5.92 Å². The molecular weight excluding hydrogens is 748 g/mol. The zero-order valence-electron chi connectivity index (χ0n) is 32.2. The first-order valence-corrected chi connectivity index (χ1v) is 20.2. The molecule has 2 amide bonds. The fraction of sp³-hybridized carbons (Fsp3) is 0.513. The normalized spacial score (nSPS) is 20.8. The van der Waals surface area contributed by atoms with Crippen LogP contribution in [0.25, 0.3) is 6.08 Å². The summed E-state index contributed by atoms with van der Waals surface area (Å²) in [4.78, 5) is 68.3. The van der Waals surface area contributed by atoms with Gasteiger partial charge in [0.2, 0.25) is 11.8 Å². The van der Waals surface area contributed by atoms with E-state index in [2.05, 4.69) is 10.6 Å². The van der Waals surface area contributed by atoms with E-state index in [0.717, 1.165) is 27.9 Å². The minimum absolute atomic E-state index is 0.0173. The van der Waals surface area contributed by atoms with Gasteiger partial charge < -0.3 is 26.0 Å². The summed E-state index contributed by atoms with van der Waals surface area (Å²) in [6, 6.07) is 7.40. The van der Waals surface area contributed by atoms with Crippen molar-refractivity contribution in [2.24, 2.45) is 5.92 Å². The van der Waals surface area contributed by atoms with Crippen LogP contribution in [-0.2, 0) is 34.8 Å². The molecule has 1 aromatic carbocycles. The Bertz CT molecular complexity index is 1760. The lowest BCUT2D eigenvalue weighted by Crippen LogP contribution is -2.50. The van der Waals surface area contributed by atoms with Crippen molar-refractivity contribution in [3.63, 3.8) is 0 Å². The summed E-state index contributed by atoms with van der Waals surface area (Å²) >= 11 is 0. The number of nitrogens with one attached hydrogen (secondary N) is 2. The summed E-state index contributed by atoms with van der Waals surface area (Å²) < 4.78 is 26.7. The molecule has 2 aliphatic carbocycles. The molecule has 1 heterocycles. The lowest BCUT2D eigenvalue weighted by Gasteiger charge is -2.32. The summed E-state index contributed by atoms with van der Waals surface area (Å²) in [5, 5.41) is 33.9. The van der Waals surface area contributed by atoms with Gasteiger partial charge in [-0.2, -0.15) is 0 Å². The summed E-state index contributed by atoms with van der Waals surface area (Å²) in [6.07, 6.45) is 5.66. The quantitative estimate of drug-likeness (QED) is 0.160. The maximum Gasteiger partial charge on any atom is 0.317 e. The van der Waals surface area contributed by atoms with Crippen molar-refractivity contribution in [1.29, 1.82) is 0 Å². The highest BCUT2D eigenvalue weighted by molar-refractivity contribution is 7.84. The van der Waals surface area contributed by atoms with Crippen molar-refractivity contribution < 1.29 is 47.9 Å². The first kappa shape index (κ1) is 44.2. The number of carbonyl (C=O) groups excluding carboxylic acids is 2. The van der Waals surface area contributed by atoms with E-state index in [0.29, 0.717) is 30.0 Å². The number of halogens is 1. The molecule has 1 fully saturated rings. The molecule has 1 aromatic rings. The minimum Gasteiger partial charge on any atom is -0.480 e. The fourth-order valence-corrected chi connectivity index (χ4v) is 7.53. The lowest BCUT2D eigenvalue weighted by molar-refractivity contribution is -0.140. The van der Waals surface area contributed by atoms with Crippen LogP contribution in [0.15, 0.2) is 68.9 Å². The van der Waals surface area contributed by atoms with Crippen LogP contribution in [0.5, 0.6) is 0 Å². The van der Waals surface area contributed by atoms with Crippen molar-refractivity contribution in [1.82, 2.24) is 30.2 Å². The van der Waals surface area contributed by atoms with E-state index in [1.165, 1.54) is 6.08 Å². The standard InChI is InChI=1S/C39H53FN6O9S/c1-26-18-32-30(19-28-4-6-29(7-5-28)56(3)55)27(2)31(33(32)20-34(26)40)21-35(47)41-8-9-42-36(48)22-43-10-12-44(23-37(49)50)14-16-46(25-39(53)54)17-15-45(13-11-43)24-38(51)52/h4-7,19-20,26H,8-18,21-25H2,1-3H3,(H,41,47)(H,42,48)(H,49,50)(H,51,52)(H,53,54)/b30-19-. The Morgan fingerprint density at radius 3 is 1.66 bits per heavy atom. The molecule has 1 aliphatic heterocycles. The van der Waals surface area contributed by atoms with Crippen LogP contribution >= 0.6 is 0 Å². The Kier molecular flexibility index (Phi) is 16.6. The van der Waals surface area contributed by atoms with E-state index in [1.807, 2.05) is 49.1 Å². The van der Waals surface area contributed by atoms with E-state index in [4.69, 9.17) is 0 Å². The van der Waals surface area contributed by atoms with Gasteiger partial charge in [-0.05, 0) is 71.1 Å². The molecule has 0 saturated carbocycles. The average molecular weight is 801 g/mol. The van der Waals surface area contributed by atoms with Gasteiger partial charge in [0.15, 0.2) is 0 Å². The van der Waals surface area contributed by atoms with Gasteiger partial charge in [0.05, 0.1) is 32.6 Å². The molecule has 0 aromatic heterocycles. The predicted molar refractivity (Wildman–Crippen MR) is 209 cm³/mol. The predicted octanol–water partition coefficient (Wildman–Crippen LogP) is 1.43. The second-order valence-corrected chi connectivity index (χ2v) is 15.8. The molecule has 0 spiro atoms. The Morgan fingerprint density at radius 2 is 1.21 bits per heavy atom. The second kappa shape index (κ2) is 21.1. The fourth-order valence-electron chi connectivity index (χ4n) is 7.01. The smallest absolute Gasteiger partial charge is 0.317 e. The molecule has 0 radical (unpaired) electrons. The number of rotatable bonds is 15. The highest BCUT2D eigenvalue weighted by atomic mass is 32.2. The van der Waals surface area contributed by atoms with Gasteiger partial charge in [-0.3, -0.25) is 47.8 Å². The van der Waals surface area contributed by atoms with Gasteiger partial charge in [0.25, 0.3) is 0 Å². The van der Waals surface area contributed by atoms with Crippen LogP contribution in [0.2, 0.25) is 0 Å². The highest BCUT2D eigenvalue weighted by Gasteiger charge is 2.32. The number of aliphatic carboxylic acids is 3. The zero-order chi connectivity index (χ0) is 40.9. The number of allylic oxidation sites excluding steroid dienone is 6. The van der Waals surface area contributed by atoms with Gasteiger partial charge in [-0.1, -0.05) is 19.1 Å². The molecule has 17 heteroatoms. The summed E-state index contributed by atoms with van der Waals surface area (Å²) in [5.74, 6) is -4.26. The molecular formula is C39H53FN6O9S. The number of hydrogen-bond acceptors (Lipinski definition) is 10. The summed E-state index contributed by atoms with van der Waals surface area (Å²) in [7, 11) is -1.10.